The largest absolute Gasteiger partial charge is 0.481 e. The zero-order valence-corrected chi connectivity index (χ0v) is 12.0. The number of hydrogen-bond donors (Lipinski definition) is 3. The first-order chi connectivity index (χ1) is 9.19. The van der Waals surface area contributed by atoms with E-state index < -0.39 is 18.0 Å². The Morgan fingerprint density at radius 2 is 2.10 bits per heavy atom. The molecule has 0 aromatic carbocycles. The number of carboxylic acid groups (broad SMARTS) is 1. The summed E-state index contributed by atoms with van der Waals surface area (Å²) in [5, 5.41) is 25.1. The van der Waals surface area contributed by atoms with Crippen LogP contribution in [-0.4, -0.2) is 44.0 Å². The lowest BCUT2D eigenvalue weighted by atomic mass is 10.0. The van der Waals surface area contributed by atoms with Crippen LogP contribution in [0.15, 0.2) is 6.07 Å². The third kappa shape index (κ3) is 5.40. The van der Waals surface area contributed by atoms with Crippen LogP contribution >= 0.6 is 0 Å². The van der Waals surface area contributed by atoms with Crippen LogP contribution in [0.5, 0.6) is 0 Å². The molecule has 7 nitrogen and oxygen atoms in total. The summed E-state index contributed by atoms with van der Waals surface area (Å²) in [7, 11) is 0. The number of aromatic nitrogens is 2. The van der Waals surface area contributed by atoms with Gasteiger partial charge in [0, 0.05) is 25.2 Å². The predicted octanol–water partition coefficient (Wildman–Crippen LogP) is 0.232. The Hall–Kier alpha value is -1.89. The van der Waals surface area contributed by atoms with E-state index in [0.29, 0.717) is 6.54 Å². The van der Waals surface area contributed by atoms with Crippen molar-refractivity contribution < 1.29 is 19.8 Å². The van der Waals surface area contributed by atoms with Crippen LogP contribution in [0.2, 0.25) is 0 Å². The third-order valence-corrected chi connectivity index (χ3v) is 2.85. The Morgan fingerprint density at radius 3 is 2.60 bits per heavy atom. The normalized spacial score (nSPS) is 13.8. The maximum Gasteiger partial charge on any atom is 0.306 e. The molecule has 1 amide bonds. The monoisotopic (exact) mass is 283 g/mol. The van der Waals surface area contributed by atoms with Crippen molar-refractivity contribution >= 4 is 11.9 Å². The highest BCUT2D eigenvalue weighted by Gasteiger charge is 2.24. The van der Waals surface area contributed by atoms with Crippen molar-refractivity contribution in [3.05, 3.63) is 17.5 Å². The van der Waals surface area contributed by atoms with Crippen LogP contribution in [0.3, 0.4) is 0 Å². The number of nitrogens with zero attached hydrogens (tertiary/aromatic N) is 2. The molecule has 1 heterocycles. The van der Waals surface area contributed by atoms with Crippen molar-refractivity contribution in [3.63, 3.8) is 0 Å². The molecule has 1 aromatic rings. The molecule has 1 aromatic heterocycles. The molecule has 0 radical (unpaired) electrons. The van der Waals surface area contributed by atoms with Crippen molar-refractivity contribution in [2.45, 2.75) is 45.8 Å². The lowest BCUT2D eigenvalue weighted by Crippen LogP contribution is -2.42. The molecule has 0 aliphatic carbocycles. The van der Waals surface area contributed by atoms with E-state index in [4.69, 9.17) is 5.11 Å². The summed E-state index contributed by atoms with van der Waals surface area (Å²) in [4.78, 5) is 22.2. The van der Waals surface area contributed by atoms with Gasteiger partial charge in [-0.2, -0.15) is 5.10 Å². The molecule has 0 fully saturated rings. The Morgan fingerprint density at radius 1 is 1.45 bits per heavy atom. The fraction of sp³-hybridized carbons (Fsp3) is 0.615. The Labute approximate surface area is 117 Å². The maximum atomic E-state index is 11.7. The highest BCUT2D eigenvalue weighted by atomic mass is 16.4. The highest BCUT2D eigenvalue weighted by molar-refractivity contribution is 5.76. The van der Waals surface area contributed by atoms with Crippen molar-refractivity contribution in [2.75, 3.05) is 6.54 Å². The van der Waals surface area contributed by atoms with E-state index in [1.807, 2.05) is 19.9 Å². The number of amides is 1. The van der Waals surface area contributed by atoms with Crippen LogP contribution in [-0.2, 0) is 16.1 Å². The van der Waals surface area contributed by atoms with Crippen LogP contribution in [0.25, 0.3) is 0 Å². The SMILES string of the molecule is Cc1cc(C)n(CCC(=O)NCC(C)(O)CC(=O)O)n1. The molecule has 1 unspecified atom stereocenters. The molecular formula is C13H21N3O4. The van der Waals surface area contributed by atoms with E-state index in [0.717, 1.165) is 11.4 Å². The van der Waals surface area contributed by atoms with Crippen LogP contribution in [0, 0.1) is 13.8 Å². The third-order valence-electron chi connectivity index (χ3n) is 2.85. The number of hydrogen-bond acceptors (Lipinski definition) is 4. The van der Waals surface area contributed by atoms with Crippen LogP contribution in [0.1, 0.15) is 31.2 Å². The number of aryl methyl sites for hydroxylation is 3. The highest BCUT2D eigenvalue weighted by Crippen LogP contribution is 2.07. The van der Waals surface area contributed by atoms with E-state index >= 15 is 0 Å². The van der Waals surface area contributed by atoms with Crippen LogP contribution < -0.4 is 5.32 Å². The summed E-state index contributed by atoms with van der Waals surface area (Å²) >= 11 is 0. The fourth-order valence-electron chi connectivity index (χ4n) is 1.87. The summed E-state index contributed by atoms with van der Waals surface area (Å²) in [6, 6.07) is 1.93. The number of nitrogens with one attached hydrogen (secondary N) is 1. The van der Waals surface area contributed by atoms with Crippen molar-refractivity contribution in [3.8, 4) is 0 Å². The zero-order valence-electron chi connectivity index (χ0n) is 12.0. The number of carbonyl (C=O) groups is 2. The van der Waals surface area contributed by atoms with Gasteiger partial charge in [-0.25, -0.2) is 0 Å². The van der Waals surface area contributed by atoms with Crippen LogP contribution in [0.4, 0.5) is 0 Å². The van der Waals surface area contributed by atoms with E-state index in [-0.39, 0.29) is 18.9 Å². The Bertz CT molecular complexity index is 494. The summed E-state index contributed by atoms with van der Waals surface area (Å²) in [6.45, 7) is 5.53. The van der Waals surface area contributed by atoms with Gasteiger partial charge in [-0.15, -0.1) is 0 Å². The first-order valence-electron chi connectivity index (χ1n) is 6.41. The lowest BCUT2D eigenvalue weighted by Gasteiger charge is -2.21. The van der Waals surface area contributed by atoms with Gasteiger partial charge in [-0.1, -0.05) is 0 Å². The molecule has 3 N–H and O–H groups in total. The second kappa shape index (κ2) is 6.51. The molecule has 1 atom stereocenters. The first-order valence-corrected chi connectivity index (χ1v) is 6.41. The summed E-state index contributed by atoms with van der Waals surface area (Å²) in [5.41, 5.74) is 0.431. The molecule has 0 spiro atoms. The van der Waals surface area contributed by atoms with Gasteiger partial charge in [0.2, 0.25) is 5.91 Å². The molecule has 0 aliphatic heterocycles. The molecular weight excluding hydrogens is 262 g/mol. The molecule has 112 valence electrons. The molecule has 0 saturated carbocycles. The second-order valence-corrected chi connectivity index (χ2v) is 5.24. The van der Waals surface area contributed by atoms with E-state index in [1.54, 1.807) is 4.68 Å². The van der Waals surface area contributed by atoms with Gasteiger partial charge in [0.05, 0.1) is 17.7 Å². The summed E-state index contributed by atoms with van der Waals surface area (Å²) in [6.07, 6.45) is -0.185. The molecule has 1 rings (SSSR count). The quantitative estimate of drug-likeness (QED) is 0.664. The number of carbonyl (C=O) groups excluding carboxylic acids is 1. The van der Waals surface area contributed by atoms with E-state index in [1.165, 1.54) is 6.92 Å². The number of aliphatic hydroxyl groups is 1. The predicted molar refractivity (Wildman–Crippen MR) is 72.2 cm³/mol. The van der Waals surface area contributed by atoms with Gasteiger partial charge >= 0.3 is 5.97 Å². The van der Waals surface area contributed by atoms with Gasteiger partial charge in [0.15, 0.2) is 0 Å². The Balaban J connectivity index is 2.37. The minimum atomic E-state index is -1.44. The van der Waals surface area contributed by atoms with Crippen molar-refractivity contribution in [1.29, 1.82) is 0 Å². The topological polar surface area (TPSA) is 104 Å². The van der Waals surface area contributed by atoms with Gasteiger partial charge < -0.3 is 15.5 Å². The first kappa shape index (κ1) is 16.2. The van der Waals surface area contributed by atoms with E-state index in [9.17, 15) is 14.7 Å². The zero-order chi connectivity index (χ0) is 15.3. The molecule has 0 aliphatic rings. The minimum absolute atomic E-state index is 0.0880. The van der Waals surface area contributed by atoms with Gasteiger partial charge in [-0.05, 0) is 26.8 Å². The Kier molecular flexibility index (Phi) is 5.26. The number of aliphatic carboxylic acids is 1. The molecule has 0 saturated heterocycles. The minimum Gasteiger partial charge on any atom is -0.481 e. The smallest absolute Gasteiger partial charge is 0.306 e. The fourth-order valence-corrected chi connectivity index (χ4v) is 1.87. The van der Waals surface area contributed by atoms with Gasteiger partial charge in [0.1, 0.15) is 0 Å². The van der Waals surface area contributed by atoms with Crippen molar-refractivity contribution in [1.82, 2.24) is 15.1 Å². The lowest BCUT2D eigenvalue weighted by molar-refractivity contribution is -0.142. The average Bonchev–Trinajstić information content (AvgIpc) is 2.61. The molecule has 20 heavy (non-hydrogen) atoms. The van der Waals surface area contributed by atoms with Gasteiger partial charge in [-0.3, -0.25) is 14.3 Å². The summed E-state index contributed by atoms with van der Waals surface area (Å²) < 4.78 is 1.74. The molecule has 0 bridgehead atoms. The second-order valence-electron chi connectivity index (χ2n) is 5.24. The number of carboxylic acids is 1. The summed E-state index contributed by atoms with van der Waals surface area (Å²) in [5.74, 6) is -1.35. The average molecular weight is 283 g/mol. The molecule has 7 heteroatoms. The number of rotatable bonds is 7. The maximum absolute atomic E-state index is 11.7. The van der Waals surface area contributed by atoms with Gasteiger partial charge in [0.25, 0.3) is 0 Å². The van der Waals surface area contributed by atoms with Crippen molar-refractivity contribution in [2.24, 2.45) is 0 Å². The standard InChI is InChI=1S/C13H21N3O4/c1-9-6-10(2)16(15-9)5-4-11(17)14-8-13(3,20)7-12(18)19/h6,20H,4-5,7-8H2,1-3H3,(H,14,17)(H,18,19). The van der Waals surface area contributed by atoms with E-state index in [2.05, 4.69) is 10.4 Å².